The van der Waals surface area contributed by atoms with E-state index < -0.39 is 0 Å². The van der Waals surface area contributed by atoms with Crippen molar-refractivity contribution in [1.29, 1.82) is 0 Å². The molecule has 0 bridgehead atoms. The molecule has 3 nitrogen and oxygen atoms in total. The van der Waals surface area contributed by atoms with Crippen LogP contribution in [-0.4, -0.2) is 54.7 Å². The lowest BCUT2D eigenvalue weighted by Crippen LogP contribution is -2.42. The normalized spacial score (nSPS) is 18.9. The quantitative estimate of drug-likeness (QED) is 0.905. The summed E-state index contributed by atoms with van der Waals surface area (Å²) in [6.07, 6.45) is 2.94. The molecular formula is C19H32N2O. The van der Waals surface area contributed by atoms with Gasteiger partial charge < -0.3 is 14.9 Å². The highest BCUT2D eigenvalue weighted by Gasteiger charge is 2.21. The standard InChI is InChI=1S/C19H32N2O/c1-14-12-15(2)19(16(3)13-14)18(22)8-11-21(5)17-6-9-20(4)10-7-17/h12-13,17-18,22H,6-11H2,1-5H3. The molecule has 0 aromatic heterocycles. The van der Waals surface area contributed by atoms with Crippen molar-refractivity contribution in [2.45, 2.75) is 52.2 Å². The lowest BCUT2D eigenvalue weighted by Gasteiger charge is -2.35. The molecule has 1 unspecified atom stereocenters. The number of aliphatic hydroxyl groups is 1. The fourth-order valence-corrected chi connectivity index (χ4v) is 3.81. The molecule has 1 aliphatic heterocycles. The Bertz CT molecular complexity index is 469. The van der Waals surface area contributed by atoms with Crippen molar-refractivity contribution in [3.8, 4) is 0 Å². The van der Waals surface area contributed by atoms with Crippen LogP contribution in [0.25, 0.3) is 0 Å². The number of rotatable bonds is 5. The molecule has 1 fully saturated rings. The molecule has 0 saturated carbocycles. The summed E-state index contributed by atoms with van der Waals surface area (Å²) < 4.78 is 0. The Balaban J connectivity index is 1.91. The van der Waals surface area contributed by atoms with Gasteiger partial charge in [-0.2, -0.15) is 0 Å². The van der Waals surface area contributed by atoms with Crippen LogP contribution >= 0.6 is 0 Å². The first-order chi connectivity index (χ1) is 10.4. The maximum absolute atomic E-state index is 10.6. The van der Waals surface area contributed by atoms with Crippen molar-refractivity contribution in [3.05, 3.63) is 34.4 Å². The highest BCUT2D eigenvalue weighted by molar-refractivity contribution is 5.38. The molecule has 2 rings (SSSR count). The Labute approximate surface area is 135 Å². The van der Waals surface area contributed by atoms with Crippen molar-refractivity contribution in [2.24, 2.45) is 0 Å². The van der Waals surface area contributed by atoms with Gasteiger partial charge in [-0.3, -0.25) is 0 Å². The molecule has 0 radical (unpaired) electrons. The predicted molar refractivity (Wildman–Crippen MR) is 93.4 cm³/mol. The minimum Gasteiger partial charge on any atom is -0.388 e. The summed E-state index contributed by atoms with van der Waals surface area (Å²) in [5.41, 5.74) is 4.83. The molecule has 1 atom stereocenters. The number of benzene rings is 1. The number of nitrogens with zero attached hydrogens (tertiary/aromatic N) is 2. The maximum Gasteiger partial charge on any atom is 0.0807 e. The van der Waals surface area contributed by atoms with E-state index in [2.05, 4.69) is 56.8 Å². The van der Waals surface area contributed by atoms with E-state index in [0.29, 0.717) is 6.04 Å². The number of hydrogen-bond donors (Lipinski definition) is 1. The third-order valence-corrected chi connectivity index (χ3v) is 5.14. The third-order valence-electron chi connectivity index (χ3n) is 5.14. The van der Waals surface area contributed by atoms with E-state index in [1.807, 2.05) is 0 Å². The number of piperidine rings is 1. The fraction of sp³-hybridized carbons (Fsp3) is 0.684. The van der Waals surface area contributed by atoms with E-state index in [0.717, 1.165) is 18.5 Å². The van der Waals surface area contributed by atoms with Gasteiger partial charge in [0.05, 0.1) is 6.10 Å². The smallest absolute Gasteiger partial charge is 0.0807 e. The molecule has 1 aromatic rings. The second-order valence-corrected chi connectivity index (χ2v) is 7.13. The van der Waals surface area contributed by atoms with E-state index in [1.165, 1.54) is 42.6 Å². The predicted octanol–water partition coefficient (Wildman–Crippen LogP) is 3.06. The zero-order valence-corrected chi connectivity index (χ0v) is 14.9. The number of hydrogen-bond acceptors (Lipinski definition) is 3. The molecule has 1 heterocycles. The Morgan fingerprint density at radius 1 is 1.18 bits per heavy atom. The van der Waals surface area contributed by atoms with E-state index in [4.69, 9.17) is 0 Å². The van der Waals surface area contributed by atoms with Crippen LogP contribution in [0.2, 0.25) is 0 Å². The van der Waals surface area contributed by atoms with Gasteiger partial charge in [0.1, 0.15) is 0 Å². The van der Waals surface area contributed by atoms with Crippen molar-refractivity contribution in [3.63, 3.8) is 0 Å². The Kier molecular flexibility index (Phi) is 6.01. The van der Waals surface area contributed by atoms with Crippen molar-refractivity contribution in [2.75, 3.05) is 33.7 Å². The minimum absolute atomic E-state index is 0.352. The van der Waals surface area contributed by atoms with Crippen molar-refractivity contribution in [1.82, 2.24) is 9.80 Å². The van der Waals surface area contributed by atoms with Gasteiger partial charge in [0.2, 0.25) is 0 Å². The van der Waals surface area contributed by atoms with Crippen LogP contribution in [0.1, 0.15) is 47.6 Å². The van der Waals surface area contributed by atoms with Crippen LogP contribution in [0.5, 0.6) is 0 Å². The van der Waals surface area contributed by atoms with E-state index in [-0.39, 0.29) is 6.10 Å². The van der Waals surface area contributed by atoms with Gasteiger partial charge in [-0.1, -0.05) is 17.7 Å². The minimum atomic E-state index is -0.352. The van der Waals surface area contributed by atoms with Gasteiger partial charge in [-0.25, -0.2) is 0 Å². The second kappa shape index (κ2) is 7.58. The first kappa shape index (κ1) is 17.5. The molecule has 124 valence electrons. The molecule has 3 heteroatoms. The summed E-state index contributed by atoms with van der Waals surface area (Å²) in [7, 11) is 4.40. The monoisotopic (exact) mass is 304 g/mol. The first-order valence-corrected chi connectivity index (χ1v) is 8.53. The van der Waals surface area contributed by atoms with Crippen LogP contribution < -0.4 is 0 Å². The first-order valence-electron chi connectivity index (χ1n) is 8.53. The molecule has 0 aliphatic carbocycles. The second-order valence-electron chi connectivity index (χ2n) is 7.13. The molecule has 1 aliphatic rings. The van der Waals surface area contributed by atoms with E-state index >= 15 is 0 Å². The Hall–Kier alpha value is -0.900. The topological polar surface area (TPSA) is 26.7 Å². The molecular weight excluding hydrogens is 272 g/mol. The SMILES string of the molecule is Cc1cc(C)c(C(O)CCN(C)C2CCN(C)CC2)c(C)c1. The van der Waals surface area contributed by atoms with Gasteiger partial charge in [0.15, 0.2) is 0 Å². The summed E-state index contributed by atoms with van der Waals surface area (Å²) >= 11 is 0. The van der Waals surface area contributed by atoms with Crippen LogP contribution in [0.4, 0.5) is 0 Å². The molecule has 0 amide bonds. The molecule has 1 aromatic carbocycles. The van der Waals surface area contributed by atoms with Crippen molar-refractivity contribution < 1.29 is 5.11 Å². The average molecular weight is 304 g/mol. The number of aliphatic hydroxyl groups excluding tert-OH is 1. The van der Waals surface area contributed by atoms with Crippen molar-refractivity contribution >= 4 is 0 Å². The van der Waals surface area contributed by atoms with Gasteiger partial charge in [0.25, 0.3) is 0 Å². The van der Waals surface area contributed by atoms with Gasteiger partial charge in [-0.15, -0.1) is 0 Å². The van der Waals surface area contributed by atoms with Gasteiger partial charge in [-0.05, 0) is 83.9 Å². The van der Waals surface area contributed by atoms with E-state index in [1.54, 1.807) is 0 Å². The summed E-state index contributed by atoms with van der Waals surface area (Å²) in [4.78, 5) is 4.84. The Morgan fingerprint density at radius 2 is 1.73 bits per heavy atom. The lowest BCUT2D eigenvalue weighted by molar-refractivity contribution is 0.109. The molecule has 22 heavy (non-hydrogen) atoms. The van der Waals surface area contributed by atoms with E-state index in [9.17, 15) is 5.11 Å². The molecule has 1 N–H and O–H groups in total. The van der Waals surface area contributed by atoms with Crippen LogP contribution in [0, 0.1) is 20.8 Å². The third kappa shape index (κ3) is 4.31. The fourth-order valence-electron chi connectivity index (χ4n) is 3.81. The maximum atomic E-state index is 10.6. The summed E-state index contributed by atoms with van der Waals surface area (Å²) in [6, 6.07) is 5.02. The molecule has 1 saturated heterocycles. The van der Waals surface area contributed by atoms with Crippen LogP contribution in [0.3, 0.4) is 0 Å². The number of aryl methyl sites for hydroxylation is 3. The molecule has 0 spiro atoms. The van der Waals surface area contributed by atoms with Crippen LogP contribution in [0.15, 0.2) is 12.1 Å². The summed E-state index contributed by atoms with van der Waals surface area (Å²) in [6.45, 7) is 9.67. The van der Waals surface area contributed by atoms with Gasteiger partial charge in [0, 0.05) is 12.6 Å². The zero-order valence-electron chi connectivity index (χ0n) is 14.9. The summed E-state index contributed by atoms with van der Waals surface area (Å²) in [5, 5.41) is 10.6. The summed E-state index contributed by atoms with van der Waals surface area (Å²) in [5.74, 6) is 0. The zero-order chi connectivity index (χ0) is 16.3. The highest BCUT2D eigenvalue weighted by atomic mass is 16.3. The van der Waals surface area contributed by atoms with Crippen LogP contribution in [-0.2, 0) is 0 Å². The average Bonchev–Trinajstić information content (AvgIpc) is 2.44. The number of likely N-dealkylation sites (tertiary alicyclic amines) is 1. The Morgan fingerprint density at radius 3 is 2.27 bits per heavy atom. The van der Waals surface area contributed by atoms with Gasteiger partial charge >= 0.3 is 0 Å². The lowest BCUT2D eigenvalue weighted by atomic mass is 9.94. The largest absolute Gasteiger partial charge is 0.388 e. The highest BCUT2D eigenvalue weighted by Crippen LogP contribution is 2.26.